The molecule has 1 atom stereocenters. The molecule has 2 rings (SSSR count). The molecule has 0 bridgehead atoms. The minimum absolute atomic E-state index is 0.263. The Morgan fingerprint density at radius 2 is 1.95 bits per heavy atom. The number of aliphatic hydroxyl groups is 2. The number of carbonyl (C=O) groups excluding carboxylic acids is 1. The van der Waals surface area contributed by atoms with Gasteiger partial charge in [0.2, 0.25) is 0 Å². The average molecular weight is 273 g/mol. The summed E-state index contributed by atoms with van der Waals surface area (Å²) in [6.45, 7) is -0.512. The van der Waals surface area contributed by atoms with Crippen LogP contribution in [0.4, 0.5) is 0 Å². The van der Waals surface area contributed by atoms with Gasteiger partial charge in [0.25, 0.3) is 0 Å². The number of nitrogens with zero attached hydrogens (tertiary/aromatic N) is 1. The zero-order valence-electron chi connectivity index (χ0n) is 11.0. The number of methoxy groups -OCH3 is 1. The third kappa shape index (κ3) is 2.54. The van der Waals surface area contributed by atoms with Crippen molar-refractivity contribution in [2.45, 2.75) is 5.60 Å². The van der Waals surface area contributed by atoms with E-state index in [9.17, 15) is 15.0 Å². The van der Waals surface area contributed by atoms with Crippen molar-refractivity contribution in [2.75, 3.05) is 13.7 Å². The summed E-state index contributed by atoms with van der Waals surface area (Å²) in [6, 6.07) is 11.7. The van der Waals surface area contributed by atoms with Crippen molar-refractivity contribution in [1.29, 1.82) is 0 Å². The van der Waals surface area contributed by atoms with Crippen LogP contribution in [-0.2, 0) is 10.3 Å². The van der Waals surface area contributed by atoms with Gasteiger partial charge < -0.3 is 14.9 Å². The molecule has 1 aromatic carbocycles. The summed E-state index contributed by atoms with van der Waals surface area (Å²) in [5, 5.41) is 20.2. The number of hydrogen-bond donors (Lipinski definition) is 2. The van der Waals surface area contributed by atoms with Gasteiger partial charge in [0.05, 0.1) is 25.0 Å². The molecule has 5 heteroatoms. The van der Waals surface area contributed by atoms with Gasteiger partial charge in [-0.25, -0.2) is 4.79 Å². The van der Waals surface area contributed by atoms with E-state index in [1.54, 1.807) is 24.3 Å². The molecule has 1 aromatic heterocycles. The number of ether oxygens (including phenoxy) is 1. The van der Waals surface area contributed by atoms with Gasteiger partial charge in [-0.15, -0.1) is 0 Å². The summed E-state index contributed by atoms with van der Waals surface area (Å²) in [6.07, 6.45) is 1.31. The summed E-state index contributed by atoms with van der Waals surface area (Å²) in [5.41, 5.74) is -0.528. The van der Waals surface area contributed by atoms with Crippen LogP contribution in [-0.4, -0.2) is 34.9 Å². The fraction of sp³-hybridized carbons (Fsp3) is 0.200. The van der Waals surface area contributed by atoms with Crippen LogP contribution in [0, 0.1) is 0 Å². The van der Waals surface area contributed by atoms with Gasteiger partial charge in [0, 0.05) is 6.20 Å². The Hall–Kier alpha value is -2.24. The van der Waals surface area contributed by atoms with E-state index < -0.39 is 18.2 Å². The maximum absolute atomic E-state index is 11.3. The number of esters is 1. The number of pyridine rings is 1. The molecule has 2 aromatic rings. The second-order valence-corrected chi connectivity index (χ2v) is 4.31. The molecule has 0 aliphatic rings. The Morgan fingerprint density at radius 3 is 2.45 bits per heavy atom. The molecule has 20 heavy (non-hydrogen) atoms. The molecule has 104 valence electrons. The summed E-state index contributed by atoms with van der Waals surface area (Å²) < 4.78 is 4.58. The number of rotatable bonds is 4. The monoisotopic (exact) mass is 273 g/mol. The molecule has 0 radical (unpaired) electrons. The topological polar surface area (TPSA) is 79.7 Å². The van der Waals surface area contributed by atoms with Crippen LogP contribution in [0.3, 0.4) is 0 Å². The van der Waals surface area contributed by atoms with E-state index in [1.807, 2.05) is 6.07 Å². The van der Waals surface area contributed by atoms with E-state index in [4.69, 9.17) is 0 Å². The average Bonchev–Trinajstić information content (AvgIpc) is 2.54. The second-order valence-electron chi connectivity index (χ2n) is 4.31. The summed E-state index contributed by atoms with van der Waals surface area (Å²) in [4.78, 5) is 15.4. The van der Waals surface area contributed by atoms with Crippen molar-refractivity contribution >= 4 is 5.97 Å². The van der Waals surface area contributed by atoms with Crippen molar-refractivity contribution in [3.8, 4) is 0 Å². The number of hydrogen-bond acceptors (Lipinski definition) is 5. The predicted molar refractivity (Wildman–Crippen MR) is 72.1 cm³/mol. The molecule has 0 saturated heterocycles. The van der Waals surface area contributed by atoms with E-state index >= 15 is 0 Å². The molecular weight excluding hydrogens is 258 g/mol. The second kappa shape index (κ2) is 5.81. The first kappa shape index (κ1) is 14.2. The van der Waals surface area contributed by atoms with Gasteiger partial charge in [-0.2, -0.15) is 0 Å². The van der Waals surface area contributed by atoms with Gasteiger partial charge in [0.15, 0.2) is 5.60 Å². The largest absolute Gasteiger partial charge is 0.465 e. The number of benzene rings is 1. The highest BCUT2D eigenvalue weighted by Crippen LogP contribution is 2.27. The number of aliphatic hydroxyl groups excluding tert-OH is 1. The van der Waals surface area contributed by atoms with Crippen LogP contribution in [0.5, 0.6) is 0 Å². The smallest absolute Gasteiger partial charge is 0.339 e. The Bertz CT molecular complexity index is 583. The zero-order valence-corrected chi connectivity index (χ0v) is 11.0. The maximum atomic E-state index is 11.3. The van der Waals surface area contributed by atoms with Gasteiger partial charge in [-0.1, -0.05) is 30.3 Å². The normalized spacial score (nSPS) is 13.6. The minimum Gasteiger partial charge on any atom is -0.465 e. The van der Waals surface area contributed by atoms with Crippen molar-refractivity contribution in [1.82, 2.24) is 4.98 Å². The molecule has 1 unspecified atom stereocenters. The van der Waals surface area contributed by atoms with E-state index in [-0.39, 0.29) is 11.3 Å². The summed E-state index contributed by atoms with van der Waals surface area (Å²) in [7, 11) is 1.28. The SMILES string of the molecule is COC(=O)c1ccc(C(O)(CO)c2ccccc2)nc1. The molecule has 0 aliphatic carbocycles. The van der Waals surface area contributed by atoms with Gasteiger partial charge in [0.1, 0.15) is 0 Å². The molecule has 2 N–H and O–H groups in total. The van der Waals surface area contributed by atoms with E-state index in [2.05, 4.69) is 9.72 Å². The fourth-order valence-electron chi connectivity index (χ4n) is 1.91. The first-order valence-electron chi connectivity index (χ1n) is 6.05. The van der Waals surface area contributed by atoms with Crippen LogP contribution in [0.25, 0.3) is 0 Å². The lowest BCUT2D eigenvalue weighted by Gasteiger charge is -2.25. The Labute approximate surface area is 116 Å². The van der Waals surface area contributed by atoms with Crippen molar-refractivity contribution < 1.29 is 19.7 Å². The molecule has 0 spiro atoms. The molecule has 0 amide bonds. The molecule has 0 aliphatic heterocycles. The first-order chi connectivity index (χ1) is 9.61. The maximum Gasteiger partial charge on any atom is 0.339 e. The summed E-state index contributed by atoms with van der Waals surface area (Å²) >= 11 is 0. The number of carbonyl (C=O) groups is 1. The van der Waals surface area contributed by atoms with E-state index in [0.717, 1.165) is 0 Å². The van der Waals surface area contributed by atoms with Gasteiger partial charge in [-0.05, 0) is 17.7 Å². The highest BCUT2D eigenvalue weighted by molar-refractivity contribution is 5.88. The van der Waals surface area contributed by atoms with Crippen LogP contribution in [0.1, 0.15) is 21.6 Å². The van der Waals surface area contributed by atoms with Crippen LogP contribution in [0.2, 0.25) is 0 Å². The third-order valence-corrected chi connectivity index (χ3v) is 3.09. The van der Waals surface area contributed by atoms with E-state index in [0.29, 0.717) is 5.56 Å². The van der Waals surface area contributed by atoms with Crippen LogP contribution in [0.15, 0.2) is 48.7 Å². The highest BCUT2D eigenvalue weighted by atomic mass is 16.5. The Balaban J connectivity index is 2.40. The first-order valence-corrected chi connectivity index (χ1v) is 6.05. The van der Waals surface area contributed by atoms with Crippen molar-refractivity contribution in [2.24, 2.45) is 0 Å². The zero-order chi connectivity index (χ0) is 14.6. The van der Waals surface area contributed by atoms with Gasteiger partial charge >= 0.3 is 5.97 Å². The van der Waals surface area contributed by atoms with Crippen molar-refractivity contribution in [3.63, 3.8) is 0 Å². The summed E-state index contributed by atoms with van der Waals surface area (Å²) in [5.74, 6) is -0.503. The Kier molecular flexibility index (Phi) is 4.12. The van der Waals surface area contributed by atoms with Crippen molar-refractivity contribution in [3.05, 3.63) is 65.5 Å². The third-order valence-electron chi connectivity index (χ3n) is 3.09. The lowest BCUT2D eigenvalue weighted by atomic mass is 9.90. The minimum atomic E-state index is -1.60. The highest BCUT2D eigenvalue weighted by Gasteiger charge is 2.32. The molecule has 0 fully saturated rings. The molecular formula is C15H15NO4. The lowest BCUT2D eigenvalue weighted by molar-refractivity contribution is 0.0136. The van der Waals surface area contributed by atoms with Crippen LogP contribution < -0.4 is 0 Å². The van der Waals surface area contributed by atoms with E-state index in [1.165, 1.54) is 25.4 Å². The lowest BCUT2D eigenvalue weighted by Crippen LogP contribution is -2.32. The fourth-order valence-corrected chi connectivity index (χ4v) is 1.91. The standard InChI is InChI=1S/C15H15NO4/c1-20-14(18)11-7-8-13(16-9-11)15(19,10-17)12-5-3-2-4-6-12/h2-9,17,19H,10H2,1H3. The quantitative estimate of drug-likeness (QED) is 0.815. The molecule has 5 nitrogen and oxygen atoms in total. The number of aromatic nitrogens is 1. The van der Waals surface area contributed by atoms with Gasteiger partial charge in [-0.3, -0.25) is 4.98 Å². The predicted octanol–water partition coefficient (Wildman–Crippen LogP) is 1.10. The Morgan fingerprint density at radius 1 is 1.25 bits per heavy atom. The molecule has 0 saturated carbocycles. The molecule has 1 heterocycles. The van der Waals surface area contributed by atoms with Crippen LogP contribution >= 0.6 is 0 Å².